The number of nitrogens with zero attached hydrogens (tertiary/aromatic N) is 1. The van der Waals surface area contributed by atoms with Gasteiger partial charge >= 0.3 is 5.97 Å². The van der Waals surface area contributed by atoms with E-state index in [1.165, 1.54) is 0 Å². The lowest BCUT2D eigenvalue weighted by atomic mass is 10.1. The summed E-state index contributed by atoms with van der Waals surface area (Å²) in [7, 11) is -3.72. The molecule has 7 heteroatoms. The van der Waals surface area contributed by atoms with Gasteiger partial charge in [-0.1, -0.05) is 0 Å². The second-order valence-electron chi connectivity index (χ2n) is 4.17. The molecule has 0 aliphatic carbocycles. The van der Waals surface area contributed by atoms with Gasteiger partial charge in [-0.2, -0.15) is 12.7 Å². The normalized spacial score (nSPS) is 21.4. The molecule has 0 amide bonds. The summed E-state index contributed by atoms with van der Waals surface area (Å²) in [5.74, 6) is 1.32. The molecule has 18 heavy (non-hydrogen) atoms. The van der Waals surface area contributed by atoms with Crippen molar-refractivity contribution in [3.63, 3.8) is 0 Å². The van der Waals surface area contributed by atoms with Crippen molar-refractivity contribution in [1.29, 1.82) is 0 Å². The first-order valence-electron chi connectivity index (χ1n) is 5.91. The number of piperidine rings is 1. The number of aliphatic carboxylic acids is 1. The highest BCUT2D eigenvalue weighted by Gasteiger charge is 2.36. The summed E-state index contributed by atoms with van der Waals surface area (Å²) in [5.41, 5.74) is 0. The molecule has 0 spiro atoms. The van der Waals surface area contributed by atoms with Crippen LogP contribution in [0.15, 0.2) is 0 Å². The van der Waals surface area contributed by atoms with Gasteiger partial charge in [-0.3, -0.25) is 4.79 Å². The van der Waals surface area contributed by atoms with E-state index < -0.39 is 22.2 Å². The van der Waals surface area contributed by atoms with E-state index in [0.29, 0.717) is 25.7 Å². The molecule has 1 unspecified atom stereocenters. The molecule has 0 radical (unpaired) electrons. The number of carboxylic acids is 1. The van der Waals surface area contributed by atoms with E-state index in [4.69, 9.17) is 11.5 Å². The maximum Gasteiger partial charge on any atom is 0.322 e. The smallest absolute Gasteiger partial charge is 0.322 e. The molecule has 0 aromatic carbocycles. The number of nitrogens with one attached hydrogen (secondary N) is 1. The van der Waals surface area contributed by atoms with Gasteiger partial charge in [-0.05, 0) is 25.7 Å². The van der Waals surface area contributed by atoms with Crippen LogP contribution in [0.4, 0.5) is 0 Å². The van der Waals surface area contributed by atoms with Crippen LogP contribution in [-0.4, -0.2) is 42.9 Å². The molecule has 1 fully saturated rings. The van der Waals surface area contributed by atoms with Crippen molar-refractivity contribution in [2.75, 3.05) is 13.1 Å². The minimum absolute atomic E-state index is 0.232. The van der Waals surface area contributed by atoms with Gasteiger partial charge in [0, 0.05) is 19.5 Å². The predicted molar refractivity (Wildman–Crippen MR) is 67.0 cm³/mol. The third-order valence-corrected chi connectivity index (χ3v) is 4.45. The van der Waals surface area contributed by atoms with E-state index >= 15 is 0 Å². The van der Waals surface area contributed by atoms with E-state index in [0.717, 1.165) is 10.7 Å². The summed E-state index contributed by atoms with van der Waals surface area (Å²) in [6.45, 7) is 0.483. The molecular formula is C11H18N2O4S. The van der Waals surface area contributed by atoms with E-state index in [2.05, 4.69) is 10.6 Å². The Morgan fingerprint density at radius 3 is 2.83 bits per heavy atom. The van der Waals surface area contributed by atoms with Gasteiger partial charge in [0.2, 0.25) is 0 Å². The van der Waals surface area contributed by atoms with Gasteiger partial charge in [0.05, 0.1) is 0 Å². The highest BCUT2D eigenvalue weighted by atomic mass is 32.2. The molecule has 1 saturated heterocycles. The molecule has 102 valence electrons. The number of terminal acetylenes is 1. The van der Waals surface area contributed by atoms with Crippen LogP contribution in [0.2, 0.25) is 0 Å². The lowest BCUT2D eigenvalue weighted by Crippen LogP contribution is -2.52. The molecule has 1 rings (SSSR count). The zero-order chi connectivity index (χ0) is 13.6. The Morgan fingerprint density at radius 2 is 2.22 bits per heavy atom. The van der Waals surface area contributed by atoms with Crippen molar-refractivity contribution < 1.29 is 18.3 Å². The van der Waals surface area contributed by atoms with Gasteiger partial charge in [0.1, 0.15) is 6.04 Å². The first-order chi connectivity index (χ1) is 8.49. The monoisotopic (exact) mass is 274 g/mol. The van der Waals surface area contributed by atoms with Crippen molar-refractivity contribution >= 4 is 16.2 Å². The molecule has 2 N–H and O–H groups in total. The topological polar surface area (TPSA) is 86.7 Å². The first-order valence-corrected chi connectivity index (χ1v) is 7.35. The summed E-state index contributed by atoms with van der Waals surface area (Å²) < 4.78 is 27.4. The number of hydrogen-bond acceptors (Lipinski definition) is 3. The highest BCUT2D eigenvalue weighted by molar-refractivity contribution is 7.87. The van der Waals surface area contributed by atoms with Crippen LogP contribution in [0, 0.1) is 12.3 Å². The average Bonchev–Trinajstić information content (AvgIpc) is 2.35. The molecule has 6 nitrogen and oxygen atoms in total. The Morgan fingerprint density at radius 1 is 1.50 bits per heavy atom. The largest absolute Gasteiger partial charge is 0.480 e. The second kappa shape index (κ2) is 6.73. The lowest BCUT2D eigenvalue weighted by Gasteiger charge is -2.31. The van der Waals surface area contributed by atoms with Crippen molar-refractivity contribution in [1.82, 2.24) is 9.03 Å². The Balaban J connectivity index is 2.64. The minimum Gasteiger partial charge on any atom is -0.480 e. The number of unbranched alkanes of at least 4 members (excludes halogenated alkanes) is 1. The van der Waals surface area contributed by atoms with E-state index in [-0.39, 0.29) is 13.1 Å². The van der Waals surface area contributed by atoms with Gasteiger partial charge in [-0.15, -0.1) is 12.3 Å². The standard InChI is InChI=1S/C11H18N2O4S/c1-2-3-5-8-12-18(16,17)13-9-6-4-7-10(13)11(14)15/h1,10,12H,3-9H2,(H,14,15). The zero-order valence-corrected chi connectivity index (χ0v) is 10.9. The van der Waals surface area contributed by atoms with Gasteiger partial charge < -0.3 is 5.11 Å². The maximum atomic E-state index is 12.0. The fourth-order valence-electron chi connectivity index (χ4n) is 1.91. The molecule has 0 saturated carbocycles. The Hall–Kier alpha value is -1.10. The van der Waals surface area contributed by atoms with Crippen molar-refractivity contribution in [2.45, 2.75) is 38.1 Å². The molecular weight excluding hydrogens is 256 g/mol. The van der Waals surface area contributed by atoms with Crippen LogP contribution in [0.25, 0.3) is 0 Å². The SMILES string of the molecule is C#CCCCNS(=O)(=O)N1CCCCC1C(=O)O. The molecule has 0 aromatic heterocycles. The third kappa shape index (κ3) is 3.98. The summed E-state index contributed by atoms with van der Waals surface area (Å²) in [6, 6.07) is -0.955. The summed E-state index contributed by atoms with van der Waals surface area (Å²) in [4.78, 5) is 11.0. The van der Waals surface area contributed by atoms with Crippen molar-refractivity contribution in [3.8, 4) is 12.3 Å². The fraction of sp³-hybridized carbons (Fsp3) is 0.727. The van der Waals surface area contributed by atoms with E-state index in [9.17, 15) is 13.2 Å². The fourth-order valence-corrected chi connectivity index (χ4v) is 3.38. The first kappa shape index (κ1) is 15.0. The highest BCUT2D eigenvalue weighted by Crippen LogP contribution is 2.19. The summed E-state index contributed by atoms with van der Waals surface area (Å²) >= 11 is 0. The van der Waals surface area contributed by atoms with Gasteiger partial charge in [-0.25, -0.2) is 4.72 Å². The minimum atomic E-state index is -3.72. The van der Waals surface area contributed by atoms with Crippen molar-refractivity contribution in [2.24, 2.45) is 0 Å². The predicted octanol–water partition coefficient (Wildman–Crippen LogP) is 0.173. The molecule has 1 atom stereocenters. The molecule has 1 aliphatic rings. The van der Waals surface area contributed by atoms with Crippen LogP contribution in [0.3, 0.4) is 0 Å². The molecule has 0 bridgehead atoms. The molecule has 0 aromatic rings. The average molecular weight is 274 g/mol. The quantitative estimate of drug-likeness (QED) is 0.534. The number of hydrogen-bond donors (Lipinski definition) is 2. The third-order valence-electron chi connectivity index (χ3n) is 2.83. The Kier molecular flexibility index (Phi) is 5.59. The van der Waals surface area contributed by atoms with Crippen LogP contribution >= 0.6 is 0 Å². The van der Waals surface area contributed by atoms with Crippen LogP contribution < -0.4 is 4.72 Å². The lowest BCUT2D eigenvalue weighted by molar-refractivity contribution is -0.142. The molecule has 1 aliphatic heterocycles. The van der Waals surface area contributed by atoms with Gasteiger partial charge in [0.15, 0.2) is 0 Å². The van der Waals surface area contributed by atoms with E-state index in [1.54, 1.807) is 0 Å². The number of carbonyl (C=O) groups is 1. The summed E-state index contributed by atoms with van der Waals surface area (Å²) in [6.07, 6.45) is 7.89. The Bertz CT molecular complexity index is 427. The number of rotatable bonds is 6. The van der Waals surface area contributed by atoms with Crippen LogP contribution in [0.5, 0.6) is 0 Å². The van der Waals surface area contributed by atoms with Crippen molar-refractivity contribution in [3.05, 3.63) is 0 Å². The summed E-state index contributed by atoms with van der Waals surface area (Å²) in [5, 5.41) is 9.02. The second-order valence-corrected chi connectivity index (χ2v) is 5.88. The Labute approximate surface area is 108 Å². The zero-order valence-electron chi connectivity index (χ0n) is 10.1. The maximum absolute atomic E-state index is 12.0. The van der Waals surface area contributed by atoms with Crippen LogP contribution in [-0.2, 0) is 15.0 Å². The van der Waals surface area contributed by atoms with Gasteiger partial charge in [0.25, 0.3) is 10.2 Å². The van der Waals surface area contributed by atoms with Crippen LogP contribution in [0.1, 0.15) is 32.1 Å². The van der Waals surface area contributed by atoms with E-state index in [1.807, 2.05) is 0 Å². The molecule has 1 heterocycles. The number of carboxylic acid groups (broad SMARTS) is 1.